The second-order valence-electron chi connectivity index (χ2n) is 4.14. The minimum absolute atomic E-state index is 0.0917. The van der Waals surface area contributed by atoms with E-state index in [0.717, 1.165) is 6.07 Å². The molecule has 0 saturated heterocycles. The van der Waals surface area contributed by atoms with Gasteiger partial charge in [-0.1, -0.05) is 6.07 Å². The lowest BCUT2D eigenvalue weighted by atomic mass is 9.86. The molecule has 2 N–H and O–H groups in total. The summed E-state index contributed by atoms with van der Waals surface area (Å²) in [6.45, 7) is 3.06. The van der Waals surface area contributed by atoms with Crippen LogP contribution in [0.3, 0.4) is 0 Å². The van der Waals surface area contributed by atoms with Crippen molar-refractivity contribution in [1.82, 2.24) is 0 Å². The highest BCUT2D eigenvalue weighted by atomic mass is 19.1. The molecule has 1 aromatic rings. The molecule has 0 aliphatic rings. The van der Waals surface area contributed by atoms with E-state index in [1.165, 1.54) is 26.0 Å². The molecule has 82 valence electrons. The van der Waals surface area contributed by atoms with E-state index in [2.05, 4.69) is 0 Å². The Morgan fingerprint density at radius 3 is 2.53 bits per heavy atom. The molecule has 0 heterocycles. The van der Waals surface area contributed by atoms with E-state index in [1.54, 1.807) is 0 Å². The van der Waals surface area contributed by atoms with Crippen molar-refractivity contribution >= 4 is 5.97 Å². The fourth-order valence-electron chi connectivity index (χ4n) is 1.23. The van der Waals surface area contributed by atoms with Crippen LogP contribution in [0.5, 0.6) is 5.75 Å². The maximum atomic E-state index is 13.3. The Hall–Kier alpha value is -1.58. The SMILES string of the molecule is CC(C)(Cc1ccc(O)cc1F)C(=O)O. The highest BCUT2D eigenvalue weighted by Crippen LogP contribution is 2.25. The lowest BCUT2D eigenvalue weighted by molar-refractivity contribution is -0.146. The third-order valence-electron chi connectivity index (χ3n) is 2.25. The van der Waals surface area contributed by atoms with Gasteiger partial charge in [0.2, 0.25) is 0 Å². The van der Waals surface area contributed by atoms with Crippen molar-refractivity contribution < 1.29 is 19.4 Å². The smallest absolute Gasteiger partial charge is 0.309 e. The Labute approximate surface area is 87.2 Å². The summed E-state index contributed by atoms with van der Waals surface area (Å²) in [6.07, 6.45) is 0.0917. The quantitative estimate of drug-likeness (QED) is 0.807. The lowest BCUT2D eigenvalue weighted by Crippen LogP contribution is -2.26. The van der Waals surface area contributed by atoms with Gasteiger partial charge in [0, 0.05) is 6.07 Å². The largest absolute Gasteiger partial charge is 0.508 e. The van der Waals surface area contributed by atoms with E-state index < -0.39 is 17.2 Å². The van der Waals surface area contributed by atoms with Crippen LogP contribution >= 0.6 is 0 Å². The molecule has 0 spiro atoms. The van der Waals surface area contributed by atoms with Crippen LogP contribution < -0.4 is 0 Å². The molecular weight excluding hydrogens is 199 g/mol. The number of carbonyl (C=O) groups is 1. The third-order valence-corrected chi connectivity index (χ3v) is 2.25. The molecule has 3 nitrogen and oxygen atoms in total. The first-order chi connectivity index (χ1) is 6.83. The van der Waals surface area contributed by atoms with Gasteiger partial charge in [0.1, 0.15) is 11.6 Å². The number of carboxylic acids is 1. The molecule has 0 fully saturated rings. The van der Waals surface area contributed by atoms with Gasteiger partial charge in [0.05, 0.1) is 5.41 Å². The maximum Gasteiger partial charge on any atom is 0.309 e. The number of benzene rings is 1. The summed E-state index contributed by atoms with van der Waals surface area (Å²) in [5, 5.41) is 17.9. The number of phenolic OH excluding ortho intramolecular Hbond substituents is 1. The summed E-state index contributed by atoms with van der Waals surface area (Å²) in [6, 6.07) is 3.72. The number of rotatable bonds is 3. The summed E-state index contributed by atoms with van der Waals surface area (Å²) >= 11 is 0. The van der Waals surface area contributed by atoms with Crippen molar-refractivity contribution in [2.75, 3.05) is 0 Å². The van der Waals surface area contributed by atoms with Crippen molar-refractivity contribution in [3.8, 4) is 5.75 Å². The van der Waals surface area contributed by atoms with Gasteiger partial charge < -0.3 is 10.2 Å². The first-order valence-corrected chi connectivity index (χ1v) is 4.54. The van der Waals surface area contributed by atoms with Crippen molar-refractivity contribution in [3.63, 3.8) is 0 Å². The van der Waals surface area contributed by atoms with E-state index >= 15 is 0 Å². The molecule has 0 aliphatic heterocycles. The first-order valence-electron chi connectivity index (χ1n) is 4.54. The normalized spacial score (nSPS) is 11.4. The predicted molar refractivity (Wildman–Crippen MR) is 53.2 cm³/mol. The van der Waals surface area contributed by atoms with Gasteiger partial charge >= 0.3 is 5.97 Å². The van der Waals surface area contributed by atoms with E-state index in [1.807, 2.05) is 0 Å². The van der Waals surface area contributed by atoms with Crippen LogP contribution in [0, 0.1) is 11.2 Å². The number of hydrogen-bond acceptors (Lipinski definition) is 2. The molecule has 0 saturated carbocycles. The van der Waals surface area contributed by atoms with Crippen LogP contribution in [0.1, 0.15) is 19.4 Å². The van der Waals surface area contributed by atoms with Crippen LogP contribution in [0.15, 0.2) is 18.2 Å². The zero-order valence-corrected chi connectivity index (χ0v) is 8.62. The number of aliphatic carboxylic acids is 1. The summed E-state index contributed by atoms with van der Waals surface area (Å²) in [5.41, 5.74) is -0.724. The molecule has 0 unspecified atom stereocenters. The Bertz CT molecular complexity index is 385. The number of carboxylic acid groups (broad SMARTS) is 1. The average Bonchev–Trinajstić information content (AvgIpc) is 2.09. The van der Waals surface area contributed by atoms with E-state index in [0.29, 0.717) is 5.56 Å². The van der Waals surface area contributed by atoms with Crippen LogP contribution in [0.2, 0.25) is 0 Å². The van der Waals surface area contributed by atoms with Crippen molar-refractivity contribution in [2.24, 2.45) is 5.41 Å². The van der Waals surface area contributed by atoms with Crippen LogP contribution in [-0.4, -0.2) is 16.2 Å². The van der Waals surface area contributed by atoms with E-state index in [-0.39, 0.29) is 12.2 Å². The van der Waals surface area contributed by atoms with E-state index in [9.17, 15) is 9.18 Å². The zero-order chi connectivity index (χ0) is 11.6. The Balaban J connectivity index is 2.95. The van der Waals surface area contributed by atoms with Gasteiger partial charge in [0.15, 0.2) is 0 Å². The second kappa shape index (κ2) is 3.88. The molecule has 15 heavy (non-hydrogen) atoms. The second-order valence-corrected chi connectivity index (χ2v) is 4.14. The summed E-state index contributed by atoms with van der Waals surface area (Å²) in [7, 11) is 0. The Kier molecular flexibility index (Phi) is 2.98. The fraction of sp³-hybridized carbons (Fsp3) is 0.364. The van der Waals surface area contributed by atoms with E-state index in [4.69, 9.17) is 10.2 Å². The van der Waals surface area contributed by atoms with Gasteiger partial charge in [-0.25, -0.2) is 4.39 Å². The fourth-order valence-corrected chi connectivity index (χ4v) is 1.23. The number of hydrogen-bond donors (Lipinski definition) is 2. The van der Waals surface area contributed by atoms with Gasteiger partial charge in [-0.3, -0.25) is 4.79 Å². The van der Waals surface area contributed by atoms with Gasteiger partial charge in [-0.05, 0) is 31.9 Å². The molecule has 0 aromatic heterocycles. The minimum Gasteiger partial charge on any atom is -0.508 e. The van der Waals surface area contributed by atoms with Crippen LogP contribution in [0.4, 0.5) is 4.39 Å². The molecule has 0 aliphatic carbocycles. The molecule has 0 amide bonds. The average molecular weight is 212 g/mol. The van der Waals surface area contributed by atoms with Crippen LogP contribution in [-0.2, 0) is 11.2 Å². The summed E-state index contributed by atoms with van der Waals surface area (Å²) in [4.78, 5) is 10.8. The predicted octanol–water partition coefficient (Wildman–Crippen LogP) is 2.18. The van der Waals surface area contributed by atoms with Gasteiger partial charge in [-0.15, -0.1) is 0 Å². The highest BCUT2D eigenvalue weighted by Gasteiger charge is 2.28. The van der Waals surface area contributed by atoms with Crippen molar-refractivity contribution in [2.45, 2.75) is 20.3 Å². The maximum absolute atomic E-state index is 13.3. The van der Waals surface area contributed by atoms with Gasteiger partial charge in [0.25, 0.3) is 0 Å². The topological polar surface area (TPSA) is 57.5 Å². The number of halogens is 1. The molecular formula is C11H13FO3. The first kappa shape index (κ1) is 11.5. The molecule has 4 heteroatoms. The van der Waals surface area contributed by atoms with Crippen LogP contribution in [0.25, 0.3) is 0 Å². The Morgan fingerprint density at radius 2 is 2.07 bits per heavy atom. The number of phenols is 1. The summed E-state index contributed by atoms with van der Waals surface area (Å²) in [5.74, 6) is -1.72. The summed E-state index contributed by atoms with van der Waals surface area (Å²) < 4.78 is 13.3. The van der Waals surface area contributed by atoms with Gasteiger partial charge in [-0.2, -0.15) is 0 Å². The highest BCUT2D eigenvalue weighted by molar-refractivity contribution is 5.74. The zero-order valence-electron chi connectivity index (χ0n) is 8.62. The molecule has 1 rings (SSSR count). The van der Waals surface area contributed by atoms with Crippen molar-refractivity contribution in [1.29, 1.82) is 0 Å². The lowest BCUT2D eigenvalue weighted by Gasteiger charge is -2.19. The Morgan fingerprint density at radius 1 is 1.47 bits per heavy atom. The standard InChI is InChI=1S/C11H13FO3/c1-11(2,10(14)15)6-7-3-4-8(13)5-9(7)12/h3-5,13H,6H2,1-2H3,(H,14,15). The molecule has 0 atom stereocenters. The van der Waals surface area contributed by atoms with Crippen molar-refractivity contribution in [3.05, 3.63) is 29.6 Å². The molecule has 1 aromatic carbocycles. The molecule has 0 radical (unpaired) electrons. The number of aromatic hydroxyl groups is 1. The molecule has 0 bridgehead atoms. The third kappa shape index (κ3) is 2.68. The monoisotopic (exact) mass is 212 g/mol. The minimum atomic E-state index is -1.02.